The van der Waals surface area contributed by atoms with Gasteiger partial charge in [0.25, 0.3) is 0 Å². The molecule has 4 nitrogen and oxygen atoms in total. The van der Waals surface area contributed by atoms with Gasteiger partial charge in [0.1, 0.15) is 0 Å². The Balaban J connectivity index is 2.54. The molecule has 0 aliphatic heterocycles. The van der Waals surface area contributed by atoms with E-state index in [9.17, 15) is 4.79 Å². The second kappa shape index (κ2) is 6.26. The summed E-state index contributed by atoms with van der Waals surface area (Å²) in [5.74, 6) is -1.02. The number of nitrogens with zero attached hydrogens (tertiary/aromatic N) is 2. The van der Waals surface area contributed by atoms with E-state index in [1.165, 1.54) is 0 Å². The highest BCUT2D eigenvalue weighted by Crippen LogP contribution is 2.31. The van der Waals surface area contributed by atoms with E-state index in [1.54, 1.807) is 16.7 Å². The molecule has 1 N–H and O–H groups in total. The molecule has 0 aliphatic rings. The summed E-state index contributed by atoms with van der Waals surface area (Å²) < 4.78 is 1.76. The summed E-state index contributed by atoms with van der Waals surface area (Å²) in [7, 11) is 0. The summed E-state index contributed by atoms with van der Waals surface area (Å²) in [4.78, 5) is 15.0. The van der Waals surface area contributed by atoms with Crippen molar-refractivity contribution in [3.8, 4) is 0 Å². The van der Waals surface area contributed by atoms with Crippen LogP contribution in [0.25, 0.3) is 11.0 Å². The lowest BCUT2D eigenvalue weighted by Gasteiger charge is -2.07. The summed E-state index contributed by atoms with van der Waals surface area (Å²) in [6.07, 6.45) is 0. The molecule has 20 heavy (non-hydrogen) atoms. The van der Waals surface area contributed by atoms with Gasteiger partial charge >= 0.3 is 5.97 Å². The lowest BCUT2D eigenvalue weighted by atomic mass is 10.3. The number of hydrogen-bond donors (Lipinski definition) is 1. The van der Waals surface area contributed by atoms with Crippen molar-refractivity contribution < 1.29 is 9.90 Å². The van der Waals surface area contributed by atoms with Gasteiger partial charge in [-0.2, -0.15) is 0 Å². The number of rotatable bonds is 5. The molecular weight excluding hydrogens is 343 g/mol. The van der Waals surface area contributed by atoms with E-state index in [2.05, 4.69) is 11.6 Å². The van der Waals surface area contributed by atoms with Crippen LogP contribution in [0.2, 0.25) is 10.0 Å². The molecule has 0 bridgehead atoms. The summed E-state index contributed by atoms with van der Waals surface area (Å²) in [6.45, 7) is 3.96. The number of aromatic nitrogens is 2. The number of benzene rings is 1. The van der Waals surface area contributed by atoms with Crippen molar-refractivity contribution in [3.63, 3.8) is 0 Å². The van der Waals surface area contributed by atoms with Crippen LogP contribution in [0.1, 0.15) is 0 Å². The monoisotopic (exact) mass is 350 g/mol. The number of carbonyl (C=O) groups is 1. The molecule has 0 fully saturated rings. The Morgan fingerprint density at radius 3 is 2.65 bits per heavy atom. The van der Waals surface area contributed by atoms with Crippen LogP contribution in [-0.2, 0) is 11.3 Å². The average molecular weight is 352 g/mol. The first-order valence-electron chi connectivity index (χ1n) is 5.41. The zero-order valence-electron chi connectivity index (χ0n) is 10.1. The van der Waals surface area contributed by atoms with E-state index in [0.717, 1.165) is 17.3 Å². The van der Waals surface area contributed by atoms with Crippen LogP contribution in [0.5, 0.6) is 0 Å². The van der Waals surface area contributed by atoms with Crippen molar-refractivity contribution in [2.75, 3.05) is 5.75 Å². The van der Waals surface area contributed by atoms with Gasteiger partial charge in [0.15, 0.2) is 5.16 Å². The molecule has 0 aliphatic carbocycles. The minimum atomic E-state index is -0.922. The lowest BCUT2D eigenvalue weighted by Crippen LogP contribution is -2.03. The average Bonchev–Trinajstić information content (AvgIpc) is 2.65. The predicted octanol–water partition coefficient (Wildman–Crippen LogP) is 4.27. The van der Waals surface area contributed by atoms with Gasteiger partial charge in [-0.05, 0) is 12.1 Å². The molecule has 0 radical (unpaired) electrons. The fourth-order valence-electron chi connectivity index (χ4n) is 1.66. The van der Waals surface area contributed by atoms with Gasteiger partial charge in [-0.25, -0.2) is 4.98 Å². The van der Waals surface area contributed by atoms with E-state index < -0.39 is 5.97 Å². The second-order valence-electron chi connectivity index (χ2n) is 3.94. The summed E-state index contributed by atoms with van der Waals surface area (Å²) in [5, 5.41) is 10.5. The Bertz CT molecular complexity index is 700. The number of hydrogen-bond acceptors (Lipinski definition) is 3. The quantitative estimate of drug-likeness (QED) is 0.817. The summed E-state index contributed by atoms with van der Waals surface area (Å²) in [5.41, 5.74) is 1.36. The second-order valence-corrected chi connectivity index (χ2v) is 6.23. The first kappa shape index (κ1) is 15.5. The summed E-state index contributed by atoms with van der Waals surface area (Å²) in [6, 6.07) is 3.31. The zero-order chi connectivity index (χ0) is 14.9. The number of carboxylic acids is 1. The number of aliphatic carboxylic acids is 1. The molecule has 2 rings (SSSR count). The maximum atomic E-state index is 10.7. The maximum Gasteiger partial charge on any atom is 0.313 e. The Hall–Kier alpha value is -0.880. The smallest absolute Gasteiger partial charge is 0.313 e. The van der Waals surface area contributed by atoms with Crippen LogP contribution >= 0.6 is 46.6 Å². The lowest BCUT2D eigenvalue weighted by molar-refractivity contribution is -0.133. The number of thioether (sulfide) groups is 1. The molecule has 0 saturated heterocycles. The third kappa shape index (κ3) is 3.41. The molecule has 1 heterocycles. The standard InChI is InChI=1S/C12H9Cl3N2O2S/c1-6(13)4-17-10-3-8(15)7(14)2-9(10)16-12(17)20-5-11(18)19/h2-3H,1,4-5H2,(H,18,19). The minimum absolute atomic E-state index is 0.0977. The SMILES string of the molecule is C=C(Cl)Cn1c(SCC(=O)O)nc2cc(Cl)c(Cl)cc21. The van der Waals surface area contributed by atoms with Crippen LogP contribution in [0.3, 0.4) is 0 Å². The van der Waals surface area contributed by atoms with E-state index in [4.69, 9.17) is 39.9 Å². The van der Waals surface area contributed by atoms with E-state index in [0.29, 0.717) is 32.3 Å². The van der Waals surface area contributed by atoms with Gasteiger partial charge in [0, 0.05) is 5.03 Å². The Kier molecular flexibility index (Phi) is 4.86. The molecule has 0 saturated carbocycles. The van der Waals surface area contributed by atoms with E-state index >= 15 is 0 Å². The largest absolute Gasteiger partial charge is 0.481 e. The van der Waals surface area contributed by atoms with Gasteiger partial charge in [-0.3, -0.25) is 4.79 Å². The van der Waals surface area contributed by atoms with Crippen LogP contribution in [0.4, 0.5) is 0 Å². The number of halogens is 3. The number of carboxylic acid groups (broad SMARTS) is 1. The third-order valence-corrected chi connectivity index (χ3v) is 4.21. The van der Waals surface area contributed by atoms with Crippen LogP contribution in [0, 0.1) is 0 Å². The van der Waals surface area contributed by atoms with Crippen molar-refractivity contribution in [3.05, 3.63) is 33.8 Å². The van der Waals surface area contributed by atoms with Gasteiger partial charge in [-0.15, -0.1) is 0 Å². The topological polar surface area (TPSA) is 55.1 Å². The van der Waals surface area contributed by atoms with Crippen LogP contribution in [0.15, 0.2) is 28.9 Å². The molecular formula is C12H9Cl3N2O2S. The first-order chi connectivity index (χ1) is 9.38. The van der Waals surface area contributed by atoms with E-state index in [1.807, 2.05) is 0 Å². The Labute approximate surface area is 134 Å². The van der Waals surface area contributed by atoms with Crippen molar-refractivity contribution in [2.45, 2.75) is 11.7 Å². The van der Waals surface area contributed by atoms with Gasteiger partial charge in [0.05, 0.1) is 33.4 Å². The van der Waals surface area contributed by atoms with Crippen LogP contribution in [-0.4, -0.2) is 26.4 Å². The van der Waals surface area contributed by atoms with Crippen LogP contribution < -0.4 is 0 Å². The van der Waals surface area contributed by atoms with Gasteiger partial charge in [0.2, 0.25) is 0 Å². The zero-order valence-corrected chi connectivity index (χ0v) is 13.2. The molecule has 106 valence electrons. The highest BCUT2D eigenvalue weighted by molar-refractivity contribution is 7.99. The van der Waals surface area contributed by atoms with Crippen molar-refractivity contribution in [2.24, 2.45) is 0 Å². The van der Waals surface area contributed by atoms with Gasteiger partial charge < -0.3 is 9.67 Å². The minimum Gasteiger partial charge on any atom is -0.481 e. The molecule has 1 aromatic heterocycles. The van der Waals surface area contributed by atoms with Crippen molar-refractivity contribution >= 4 is 63.6 Å². The number of imidazole rings is 1. The maximum absolute atomic E-state index is 10.7. The molecule has 0 amide bonds. The highest BCUT2D eigenvalue weighted by Gasteiger charge is 2.15. The normalized spacial score (nSPS) is 10.9. The molecule has 2 aromatic rings. The molecule has 1 aromatic carbocycles. The molecule has 0 unspecified atom stereocenters. The number of fused-ring (bicyclic) bond motifs is 1. The summed E-state index contributed by atoms with van der Waals surface area (Å²) >= 11 is 18.9. The van der Waals surface area contributed by atoms with Crippen molar-refractivity contribution in [1.82, 2.24) is 9.55 Å². The predicted molar refractivity (Wildman–Crippen MR) is 83.1 cm³/mol. The van der Waals surface area contributed by atoms with Gasteiger partial charge in [-0.1, -0.05) is 53.1 Å². The third-order valence-electron chi connectivity index (χ3n) is 2.41. The highest BCUT2D eigenvalue weighted by atomic mass is 35.5. The molecule has 0 spiro atoms. The fourth-order valence-corrected chi connectivity index (χ4v) is 2.83. The van der Waals surface area contributed by atoms with E-state index in [-0.39, 0.29) is 5.75 Å². The first-order valence-corrected chi connectivity index (χ1v) is 7.53. The molecule has 0 atom stereocenters. The Morgan fingerprint density at radius 1 is 1.40 bits per heavy atom. The number of allylic oxidation sites excluding steroid dienone is 1. The fraction of sp³-hybridized carbons (Fsp3) is 0.167. The molecule has 8 heteroatoms. The van der Waals surface area contributed by atoms with Crippen molar-refractivity contribution in [1.29, 1.82) is 0 Å². The Morgan fingerprint density at radius 2 is 2.05 bits per heavy atom.